The maximum atomic E-state index is 12.3. The number of piperazine rings is 1. The van der Waals surface area contributed by atoms with Crippen LogP contribution in [0.2, 0.25) is 0 Å². The molecule has 1 fully saturated rings. The zero-order valence-corrected chi connectivity index (χ0v) is 15.8. The molecule has 148 valence electrons. The summed E-state index contributed by atoms with van der Waals surface area (Å²) < 4.78 is 11.0. The van der Waals surface area contributed by atoms with Gasteiger partial charge in [-0.25, -0.2) is 0 Å². The molecule has 0 bridgehead atoms. The number of ether oxygens (including phenoxy) is 2. The molecule has 1 amide bonds. The van der Waals surface area contributed by atoms with Gasteiger partial charge >= 0.3 is 0 Å². The number of nitrogens with zero attached hydrogens (tertiary/aromatic N) is 2. The molecular formula is C21H25N3O4. The minimum absolute atomic E-state index is 0.0141. The van der Waals surface area contributed by atoms with E-state index in [-0.39, 0.29) is 5.91 Å². The maximum Gasteiger partial charge on any atom is 0.225 e. The molecule has 2 heterocycles. The van der Waals surface area contributed by atoms with E-state index in [0.717, 1.165) is 37.6 Å². The summed E-state index contributed by atoms with van der Waals surface area (Å²) in [6.07, 6.45) is 0.436. The van der Waals surface area contributed by atoms with E-state index in [9.17, 15) is 9.90 Å². The molecule has 7 nitrogen and oxygen atoms in total. The van der Waals surface area contributed by atoms with Crippen LogP contribution in [-0.2, 0) is 4.79 Å². The summed E-state index contributed by atoms with van der Waals surface area (Å²) in [5.74, 6) is 1.69. The summed E-state index contributed by atoms with van der Waals surface area (Å²) in [5.41, 5.74) is 1.59. The van der Waals surface area contributed by atoms with Crippen molar-refractivity contribution in [1.29, 1.82) is 0 Å². The predicted molar refractivity (Wildman–Crippen MR) is 107 cm³/mol. The van der Waals surface area contributed by atoms with Crippen LogP contribution in [0.5, 0.6) is 17.2 Å². The van der Waals surface area contributed by atoms with Crippen LogP contribution in [0.1, 0.15) is 6.42 Å². The van der Waals surface area contributed by atoms with E-state index in [0.29, 0.717) is 43.4 Å². The number of rotatable bonds is 5. The Morgan fingerprint density at radius 3 is 2.54 bits per heavy atom. The van der Waals surface area contributed by atoms with Crippen molar-refractivity contribution in [3.05, 3.63) is 42.5 Å². The summed E-state index contributed by atoms with van der Waals surface area (Å²) >= 11 is 0. The number of para-hydroxylation sites is 2. The molecule has 2 aromatic rings. The second-order valence-electron chi connectivity index (χ2n) is 6.97. The van der Waals surface area contributed by atoms with Crippen molar-refractivity contribution in [3.63, 3.8) is 0 Å². The highest BCUT2D eigenvalue weighted by molar-refractivity contribution is 5.91. The number of benzene rings is 2. The highest BCUT2D eigenvalue weighted by Crippen LogP contribution is 2.32. The van der Waals surface area contributed by atoms with Crippen molar-refractivity contribution < 1.29 is 19.4 Å². The average Bonchev–Trinajstić information content (AvgIpc) is 2.73. The summed E-state index contributed by atoms with van der Waals surface area (Å²) in [5, 5.41) is 12.9. The molecule has 0 aliphatic carbocycles. The van der Waals surface area contributed by atoms with E-state index in [1.54, 1.807) is 12.1 Å². The lowest BCUT2D eigenvalue weighted by Gasteiger charge is -2.36. The van der Waals surface area contributed by atoms with Crippen molar-refractivity contribution in [2.24, 2.45) is 0 Å². The maximum absolute atomic E-state index is 12.3. The first-order chi connectivity index (χ1) is 13.7. The van der Waals surface area contributed by atoms with Gasteiger partial charge in [0.25, 0.3) is 0 Å². The third-order valence-corrected chi connectivity index (χ3v) is 5.08. The molecule has 0 spiro atoms. The van der Waals surface area contributed by atoms with Crippen LogP contribution in [0.3, 0.4) is 0 Å². The van der Waals surface area contributed by atoms with Gasteiger partial charge in [-0.1, -0.05) is 12.1 Å². The molecule has 0 atom stereocenters. The first-order valence-corrected chi connectivity index (χ1v) is 9.64. The van der Waals surface area contributed by atoms with Gasteiger partial charge in [-0.2, -0.15) is 0 Å². The number of carbonyl (C=O) groups excluding carboxylic acids is 1. The number of amides is 1. The third kappa shape index (κ3) is 4.31. The second-order valence-corrected chi connectivity index (χ2v) is 6.97. The number of aromatic hydroxyl groups is 1. The second kappa shape index (κ2) is 8.39. The zero-order chi connectivity index (χ0) is 19.3. The van der Waals surface area contributed by atoms with E-state index in [2.05, 4.69) is 15.1 Å². The van der Waals surface area contributed by atoms with Gasteiger partial charge in [-0.3, -0.25) is 9.69 Å². The molecular weight excluding hydrogens is 358 g/mol. The van der Waals surface area contributed by atoms with Crippen LogP contribution < -0.4 is 19.7 Å². The average molecular weight is 383 g/mol. The number of nitrogens with one attached hydrogen (secondary N) is 1. The van der Waals surface area contributed by atoms with Crippen LogP contribution in [0.25, 0.3) is 0 Å². The molecule has 2 aliphatic heterocycles. The summed E-state index contributed by atoms with van der Waals surface area (Å²) in [6.45, 7) is 5.19. The predicted octanol–water partition coefficient (Wildman–Crippen LogP) is 2.31. The van der Waals surface area contributed by atoms with E-state index >= 15 is 0 Å². The normalized spacial score (nSPS) is 16.6. The smallest absolute Gasteiger partial charge is 0.225 e. The fraction of sp³-hybridized carbons (Fsp3) is 0.381. The first-order valence-electron chi connectivity index (χ1n) is 9.64. The Kier molecular flexibility index (Phi) is 5.53. The lowest BCUT2D eigenvalue weighted by molar-refractivity contribution is -0.116. The fourth-order valence-electron chi connectivity index (χ4n) is 3.55. The quantitative estimate of drug-likeness (QED) is 0.826. The van der Waals surface area contributed by atoms with Crippen molar-refractivity contribution in [1.82, 2.24) is 4.90 Å². The number of phenols is 1. The summed E-state index contributed by atoms with van der Waals surface area (Å²) in [7, 11) is 0. The number of hydrogen-bond acceptors (Lipinski definition) is 6. The van der Waals surface area contributed by atoms with E-state index in [4.69, 9.17) is 9.47 Å². The summed E-state index contributed by atoms with van der Waals surface area (Å²) in [4.78, 5) is 16.8. The molecule has 4 rings (SSSR count). The zero-order valence-electron chi connectivity index (χ0n) is 15.8. The Balaban J connectivity index is 1.23. The Morgan fingerprint density at radius 2 is 1.75 bits per heavy atom. The van der Waals surface area contributed by atoms with E-state index in [1.807, 2.05) is 30.3 Å². The molecule has 0 aromatic heterocycles. The van der Waals surface area contributed by atoms with Crippen molar-refractivity contribution >= 4 is 17.3 Å². The first kappa shape index (κ1) is 18.4. The largest absolute Gasteiger partial charge is 0.506 e. The SMILES string of the molecule is O=C(CCN1CCN(c2ccccc2O)CC1)Nc1ccc2c(c1)OCCO2. The van der Waals surface area contributed by atoms with Crippen molar-refractivity contribution in [3.8, 4) is 17.2 Å². The van der Waals surface area contributed by atoms with Gasteiger partial charge in [0.05, 0.1) is 5.69 Å². The highest BCUT2D eigenvalue weighted by atomic mass is 16.6. The Labute approximate surface area is 164 Å². The Hall–Kier alpha value is -2.93. The van der Waals surface area contributed by atoms with Gasteiger partial charge in [-0.15, -0.1) is 0 Å². The Morgan fingerprint density at radius 1 is 1.00 bits per heavy atom. The molecule has 0 saturated carbocycles. The van der Waals surface area contributed by atoms with E-state index < -0.39 is 0 Å². The summed E-state index contributed by atoms with van der Waals surface area (Å²) in [6, 6.07) is 12.9. The monoisotopic (exact) mass is 383 g/mol. The highest BCUT2D eigenvalue weighted by Gasteiger charge is 2.19. The van der Waals surface area contributed by atoms with Gasteiger partial charge < -0.3 is 24.8 Å². The molecule has 28 heavy (non-hydrogen) atoms. The molecule has 7 heteroatoms. The molecule has 2 N–H and O–H groups in total. The van der Waals surface area contributed by atoms with Crippen LogP contribution >= 0.6 is 0 Å². The third-order valence-electron chi connectivity index (χ3n) is 5.08. The van der Waals surface area contributed by atoms with Crippen LogP contribution in [0, 0.1) is 0 Å². The van der Waals surface area contributed by atoms with Gasteiger partial charge in [0.2, 0.25) is 5.91 Å². The standard InChI is InChI=1S/C21H25N3O4/c25-18-4-2-1-3-17(18)24-11-9-23(10-12-24)8-7-21(26)22-16-5-6-19-20(15-16)28-14-13-27-19/h1-6,15,25H,7-14H2,(H,22,26). The molecule has 0 radical (unpaired) electrons. The van der Waals surface area contributed by atoms with Crippen molar-refractivity contribution in [2.75, 3.05) is 56.2 Å². The number of phenolic OH excluding ortho intramolecular Hbond substituents is 1. The minimum atomic E-state index is -0.0141. The topological polar surface area (TPSA) is 74.3 Å². The van der Waals surface area contributed by atoms with Gasteiger partial charge in [0, 0.05) is 50.9 Å². The van der Waals surface area contributed by atoms with Gasteiger partial charge in [0.1, 0.15) is 19.0 Å². The lowest BCUT2D eigenvalue weighted by Crippen LogP contribution is -2.47. The van der Waals surface area contributed by atoms with E-state index in [1.165, 1.54) is 0 Å². The number of hydrogen-bond donors (Lipinski definition) is 2. The number of carbonyl (C=O) groups is 1. The molecule has 2 aromatic carbocycles. The number of anilines is 2. The van der Waals surface area contributed by atoms with Gasteiger partial charge in [-0.05, 0) is 24.3 Å². The van der Waals surface area contributed by atoms with Gasteiger partial charge in [0.15, 0.2) is 11.5 Å². The molecule has 1 saturated heterocycles. The number of fused-ring (bicyclic) bond motifs is 1. The molecule has 2 aliphatic rings. The van der Waals surface area contributed by atoms with Crippen molar-refractivity contribution in [2.45, 2.75) is 6.42 Å². The van der Waals surface area contributed by atoms with Crippen LogP contribution in [0.4, 0.5) is 11.4 Å². The lowest BCUT2D eigenvalue weighted by atomic mass is 10.2. The minimum Gasteiger partial charge on any atom is -0.506 e. The molecule has 0 unspecified atom stereocenters. The Bertz CT molecular complexity index is 834. The van der Waals surface area contributed by atoms with Crippen LogP contribution in [0.15, 0.2) is 42.5 Å². The van der Waals surface area contributed by atoms with Crippen LogP contribution in [-0.4, -0.2) is 61.9 Å². The fourth-order valence-corrected chi connectivity index (χ4v) is 3.55.